The van der Waals surface area contributed by atoms with Gasteiger partial charge in [-0.1, -0.05) is 0 Å². The molecule has 0 aromatic heterocycles. The Hall–Kier alpha value is -0.160. The third-order valence-corrected chi connectivity index (χ3v) is 1.05. The van der Waals surface area contributed by atoms with Crippen LogP contribution in [-0.4, -0.2) is 31.8 Å². The highest BCUT2D eigenvalue weighted by Crippen LogP contribution is 1.72. The number of hydroxylamine groups is 2. The zero-order valence-corrected chi connectivity index (χ0v) is 4.64. The highest BCUT2D eigenvalue weighted by Gasteiger charge is 2.02. The molecule has 1 saturated heterocycles. The summed E-state index contributed by atoms with van der Waals surface area (Å²) in [7, 11) is 0. The monoisotopic (exact) mass is 121 g/mol. The van der Waals surface area contributed by atoms with Gasteiger partial charge in [0.05, 0.1) is 13.2 Å². The van der Waals surface area contributed by atoms with Crippen LogP contribution >= 0.6 is 0 Å². The Morgan fingerprint density at radius 2 is 1.75 bits per heavy atom. The van der Waals surface area contributed by atoms with E-state index in [1.54, 1.807) is 0 Å². The van der Waals surface area contributed by atoms with Crippen LogP contribution < -0.4 is 5.06 Å². The Morgan fingerprint density at radius 1 is 1.25 bits per heavy atom. The molecule has 1 heterocycles. The van der Waals surface area contributed by atoms with Crippen LogP contribution in [0.3, 0.4) is 0 Å². The van der Waals surface area contributed by atoms with E-state index in [0.29, 0.717) is 31.4 Å². The van der Waals surface area contributed by atoms with Crippen LogP contribution in [0.25, 0.3) is 0 Å². The Labute approximate surface area is 47.9 Å². The minimum Gasteiger partial charge on any atom is -0.634 e. The van der Waals surface area contributed by atoms with Crippen LogP contribution in [0.15, 0.2) is 0 Å². The van der Waals surface area contributed by atoms with Gasteiger partial charge in [0.15, 0.2) is 0 Å². The van der Waals surface area contributed by atoms with Crippen molar-refractivity contribution in [3.05, 3.63) is 5.21 Å². The number of hydrogen-bond donors (Lipinski definition) is 1. The SMILES string of the molecule is O.[O-][NH+]1CCOCC1. The van der Waals surface area contributed by atoms with Crippen molar-refractivity contribution in [3.63, 3.8) is 0 Å². The normalized spacial score (nSPS) is 22.1. The molecule has 0 unspecified atom stereocenters. The summed E-state index contributed by atoms with van der Waals surface area (Å²) in [6, 6.07) is 0. The summed E-state index contributed by atoms with van der Waals surface area (Å²) in [5, 5.41) is 10.7. The van der Waals surface area contributed by atoms with Crippen LogP contribution in [0.1, 0.15) is 0 Å². The molecule has 0 atom stereocenters. The quantitative estimate of drug-likeness (QED) is 0.362. The Balaban J connectivity index is 0.000000490. The summed E-state index contributed by atoms with van der Waals surface area (Å²) in [5.74, 6) is 0. The zero-order chi connectivity index (χ0) is 5.11. The molecule has 0 saturated carbocycles. The van der Waals surface area contributed by atoms with Crippen molar-refractivity contribution in [2.24, 2.45) is 0 Å². The fourth-order valence-electron chi connectivity index (χ4n) is 0.599. The molecule has 3 N–H and O–H groups in total. The Kier molecular flexibility index (Phi) is 3.72. The number of morpholine rings is 1. The first-order valence-corrected chi connectivity index (χ1v) is 2.49. The zero-order valence-electron chi connectivity index (χ0n) is 4.64. The van der Waals surface area contributed by atoms with E-state index >= 15 is 0 Å². The molecule has 0 aliphatic carbocycles. The van der Waals surface area contributed by atoms with Crippen molar-refractivity contribution < 1.29 is 15.3 Å². The van der Waals surface area contributed by atoms with Gasteiger partial charge in [0.25, 0.3) is 0 Å². The predicted molar refractivity (Wildman–Crippen MR) is 28.5 cm³/mol. The van der Waals surface area contributed by atoms with E-state index in [1.165, 1.54) is 0 Å². The lowest BCUT2D eigenvalue weighted by Gasteiger charge is -2.25. The van der Waals surface area contributed by atoms with Crippen molar-refractivity contribution in [1.82, 2.24) is 0 Å². The summed E-state index contributed by atoms with van der Waals surface area (Å²) in [4.78, 5) is 0. The lowest BCUT2D eigenvalue weighted by Crippen LogP contribution is -3.09. The van der Waals surface area contributed by atoms with Crippen molar-refractivity contribution in [2.75, 3.05) is 26.3 Å². The smallest absolute Gasteiger partial charge is 0.101 e. The van der Waals surface area contributed by atoms with E-state index in [1.807, 2.05) is 0 Å². The average Bonchev–Trinajstić information content (AvgIpc) is 1.69. The van der Waals surface area contributed by atoms with E-state index < -0.39 is 0 Å². The molecule has 0 bridgehead atoms. The standard InChI is InChI=1S/C4H9NO2.H2O/c6-5-1-3-7-4-2-5;/h5H,1-4H2;1H2. The van der Waals surface area contributed by atoms with Gasteiger partial charge >= 0.3 is 0 Å². The molecule has 0 amide bonds. The van der Waals surface area contributed by atoms with Gasteiger partial charge in [-0.3, -0.25) is 0 Å². The average molecular weight is 121 g/mol. The molecule has 50 valence electrons. The fraction of sp³-hybridized carbons (Fsp3) is 1.00. The molecule has 4 heteroatoms. The molecule has 4 nitrogen and oxygen atoms in total. The minimum absolute atomic E-state index is 0. The van der Waals surface area contributed by atoms with Gasteiger partial charge in [0.1, 0.15) is 13.1 Å². The van der Waals surface area contributed by atoms with Crippen LogP contribution in [0.2, 0.25) is 0 Å². The second-order valence-electron chi connectivity index (χ2n) is 1.65. The molecular formula is C4H11NO3. The maximum Gasteiger partial charge on any atom is 0.101 e. The van der Waals surface area contributed by atoms with E-state index in [0.717, 1.165) is 0 Å². The van der Waals surface area contributed by atoms with Crippen molar-refractivity contribution >= 4 is 0 Å². The summed E-state index contributed by atoms with van der Waals surface area (Å²) in [5.41, 5.74) is 0. The molecular weight excluding hydrogens is 110 g/mol. The molecule has 8 heavy (non-hydrogen) atoms. The predicted octanol–water partition coefficient (Wildman–Crippen LogP) is -2.43. The Bertz CT molecular complexity index is 53.2. The molecule has 0 aromatic carbocycles. The molecule has 0 aromatic rings. The number of rotatable bonds is 0. The highest BCUT2D eigenvalue weighted by atomic mass is 16.5. The topological polar surface area (TPSA) is 68.2 Å². The molecule has 1 fully saturated rings. The van der Waals surface area contributed by atoms with Gasteiger partial charge in [-0.15, -0.1) is 0 Å². The van der Waals surface area contributed by atoms with Crippen molar-refractivity contribution in [3.8, 4) is 0 Å². The van der Waals surface area contributed by atoms with E-state index in [2.05, 4.69) is 0 Å². The number of ether oxygens (including phenoxy) is 1. The number of hydrogen-bond acceptors (Lipinski definition) is 2. The second-order valence-corrected chi connectivity index (χ2v) is 1.65. The molecule has 1 aliphatic rings. The van der Waals surface area contributed by atoms with E-state index in [9.17, 15) is 5.21 Å². The van der Waals surface area contributed by atoms with Gasteiger partial charge in [0.2, 0.25) is 0 Å². The maximum absolute atomic E-state index is 10.4. The second kappa shape index (κ2) is 3.80. The van der Waals surface area contributed by atoms with Crippen LogP contribution in [0, 0.1) is 5.21 Å². The van der Waals surface area contributed by atoms with E-state index in [-0.39, 0.29) is 5.48 Å². The van der Waals surface area contributed by atoms with Crippen LogP contribution in [-0.2, 0) is 4.74 Å². The van der Waals surface area contributed by atoms with Gasteiger partial charge in [-0.05, 0) is 0 Å². The lowest BCUT2D eigenvalue weighted by atomic mass is 10.5. The molecule has 0 radical (unpaired) electrons. The number of quaternary nitrogens is 1. The first-order valence-electron chi connectivity index (χ1n) is 2.49. The van der Waals surface area contributed by atoms with Crippen LogP contribution in [0.4, 0.5) is 0 Å². The number of nitrogens with one attached hydrogen (secondary N) is 1. The third-order valence-electron chi connectivity index (χ3n) is 1.05. The molecule has 0 spiro atoms. The first-order chi connectivity index (χ1) is 3.39. The maximum atomic E-state index is 10.4. The van der Waals surface area contributed by atoms with Crippen molar-refractivity contribution in [1.29, 1.82) is 0 Å². The summed E-state index contributed by atoms with van der Waals surface area (Å²) >= 11 is 0. The van der Waals surface area contributed by atoms with E-state index in [4.69, 9.17) is 4.74 Å². The van der Waals surface area contributed by atoms with Crippen LogP contribution in [0.5, 0.6) is 0 Å². The van der Waals surface area contributed by atoms with Gasteiger partial charge in [-0.25, -0.2) is 0 Å². The summed E-state index contributed by atoms with van der Waals surface area (Å²) in [6.45, 7) is 2.53. The van der Waals surface area contributed by atoms with Gasteiger partial charge in [0, 0.05) is 0 Å². The van der Waals surface area contributed by atoms with Crippen molar-refractivity contribution in [2.45, 2.75) is 0 Å². The first kappa shape index (κ1) is 7.84. The summed E-state index contributed by atoms with van der Waals surface area (Å²) < 4.78 is 4.92. The van der Waals surface area contributed by atoms with Gasteiger partial charge < -0.3 is 20.5 Å². The fourth-order valence-corrected chi connectivity index (χ4v) is 0.599. The highest BCUT2D eigenvalue weighted by molar-refractivity contribution is 4.36. The van der Waals surface area contributed by atoms with Gasteiger partial charge in [-0.2, -0.15) is 0 Å². The lowest BCUT2D eigenvalue weighted by molar-refractivity contribution is -0.857. The largest absolute Gasteiger partial charge is 0.634 e. The third kappa shape index (κ3) is 2.23. The Morgan fingerprint density at radius 3 is 2.00 bits per heavy atom. The summed E-state index contributed by atoms with van der Waals surface area (Å²) in [6.07, 6.45) is 0. The molecule has 1 rings (SSSR count). The minimum atomic E-state index is 0. The molecule has 1 aliphatic heterocycles.